The van der Waals surface area contributed by atoms with Gasteiger partial charge < -0.3 is 9.84 Å². The molecule has 1 unspecified atom stereocenters. The Hall–Kier alpha value is -0.570. The van der Waals surface area contributed by atoms with Gasteiger partial charge in [-0.1, -0.05) is 23.7 Å². The van der Waals surface area contributed by atoms with Crippen LogP contribution in [0.25, 0.3) is 0 Å². The maximum absolute atomic E-state index is 10.2. The van der Waals surface area contributed by atoms with E-state index in [0.717, 1.165) is 24.8 Å². The second-order valence-corrected chi connectivity index (χ2v) is 4.52. The molecule has 1 fully saturated rings. The summed E-state index contributed by atoms with van der Waals surface area (Å²) < 4.78 is 5.44. The first kappa shape index (κ1) is 10.9. The van der Waals surface area contributed by atoms with Crippen LogP contribution >= 0.6 is 11.6 Å². The molecule has 2 rings (SSSR count). The molecule has 1 aromatic carbocycles. The van der Waals surface area contributed by atoms with Gasteiger partial charge in [0, 0.05) is 12.1 Å². The smallest absolute Gasteiger partial charge is 0.108 e. The number of methoxy groups -OCH3 is 1. The molecular weight excluding hydrogens is 212 g/mol. The van der Waals surface area contributed by atoms with E-state index in [9.17, 15) is 5.11 Å². The van der Waals surface area contributed by atoms with Crippen LogP contribution in [0.1, 0.15) is 30.9 Å². The fraction of sp³-hybridized carbons (Fsp3) is 0.500. The standard InChI is InChI=1S/C12H15ClO2/c1-15-12(6-3-7-12)11(14)9-4-2-5-10(13)8-9/h2,4-5,8,11,14H,3,6-7H2,1H3. The summed E-state index contributed by atoms with van der Waals surface area (Å²) in [5, 5.41) is 10.9. The minimum atomic E-state index is -0.574. The molecule has 3 heteroatoms. The topological polar surface area (TPSA) is 29.5 Å². The van der Waals surface area contributed by atoms with Crippen molar-refractivity contribution in [3.8, 4) is 0 Å². The van der Waals surface area contributed by atoms with Crippen molar-refractivity contribution in [2.45, 2.75) is 31.0 Å². The molecule has 0 bridgehead atoms. The molecule has 82 valence electrons. The summed E-state index contributed by atoms with van der Waals surface area (Å²) in [5.74, 6) is 0. The number of hydrogen-bond acceptors (Lipinski definition) is 2. The normalized spacial score (nSPS) is 20.7. The lowest BCUT2D eigenvalue weighted by molar-refractivity contribution is -0.151. The molecule has 0 saturated heterocycles. The lowest BCUT2D eigenvalue weighted by Crippen LogP contribution is -2.45. The fourth-order valence-electron chi connectivity index (χ4n) is 2.09. The van der Waals surface area contributed by atoms with Crippen LogP contribution in [0.3, 0.4) is 0 Å². The first-order chi connectivity index (χ1) is 7.18. The molecule has 15 heavy (non-hydrogen) atoms. The first-order valence-electron chi connectivity index (χ1n) is 5.17. The van der Waals surface area contributed by atoms with Crippen molar-refractivity contribution in [1.82, 2.24) is 0 Å². The quantitative estimate of drug-likeness (QED) is 0.859. The largest absolute Gasteiger partial charge is 0.385 e. The average molecular weight is 227 g/mol. The molecule has 0 radical (unpaired) electrons. The molecule has 0 amide bonds. The molecule has 0 heterocycles. The number of aliphatic hydroxyl groups excluding tert-OH is 1. The van der Waals surface area contributed by atoms with Crippen LogP contribution < -0.4 is 0 Å². The molecule has 1 N–H and O–H groups in total. The second kappa shape index (κ2) is 4.12. The SMILES string of the molecule is COC1(C(O)c2cccc(Cl)c2)CCC1. The highest BCUT2D eigenvalue weighted by atomic mass is 35.5. The third-order valence-electron chi connectivity index (χ3n) is 3.27. The summed E-state index contributed by atoms with van der Waals surface area (Å²) in [6.07, 6.45) is 2.37. The molecule has 0 spiro atoms. The van der Waals surface area contributed by atoms with Gasteiger partial charge in [-0.05, 0) is 37.0 Å². The van der Waals surface area contributed by atoms with Gasteiger partial charge in [0.15, 0.2) is 0 Å². The lowest BCUT2D eigenvalue weighted by Gasteiger charge is -2.44. The van der Waals surface area contributed by atoms with E-state index in [-0.39, 0.29) is 5.60 Å². The number of aliphatic hydroxyl groups is 1. The molecule has 0 aromatic heterocycles. The Bertz CT molecular complexity index is 342. The minimum absolute atomic E-state index is 0.384. The van der Waals surface area contributed by atoms with E-state index in [4.69, 9.17) is 16.3 Å². The Morgan fingerprint density at radius 2 is 2.20 bits per heavy atom. The van der Waals surface area contributed by atoms with Crippen LogP contribution in [0.15, 0.2) is 24.3 Å². The van der Waals surface area contributed by atoms with Gasteiger partial charge in [-0.25, -0.2) is 0 Å². The van der Waals surface area contributed by atoms with E-state index in [1.807, 2.05) is 12.1 Å². The molecule has 1 atom stereocenters. The molecule has 1 aliphatic carbocycles. The number of halogens is 1. The molecule has 0 aliphatic heterocycles. The van der Waals surface area contributed by atoms with Gasteiger partial charge >= 0.3 is 0 Å². The average Bonchev–Trinajstić information content (AvgIpc) is 2.17. The van der Waals surface area contributed by atoms with E-state index in [2.05, 4.69) is 0 Å². The van der Waals surface area contributed by atoms with Gasteiger partial charge in [-0.2, -0.15) is 0 Å². The number of benzene rings is 1. The predicted molar refractivity (Wildman–Crippen MR) is 60.0 cm³/mol. The van der Waals surface area contributed by atoms with Crippen molar-refractivity contribution in [2.24, 2.45) is 0 Å². The van der Waals surface area contributed by atoms with E-state index < -0.39 is 6.10 Å². The highest BCUT2D eigenvalue weighted by Crippen LogP contribution is 2.44. The Morgan fingerprint density at radius 3 is 2.67 bits per heavy atom. The van der Waals surface area contributed by atoms with E-state index in [1.165, 1.54) is 0 Å². The lowest BCUT2D eigenvalue weighted by atomic mass is 9.74. The third kappa shape index (κ3) is 1.89. The van der Waals surface area contributed by atoms with Crippen LogP contribution in [0.5, 0.6) is 0 Å². The third-order valence-corrected chi connectivity index (χ3v) is 3.50. The summed E-state index contributed by atoms with van der Waals surface area (Å²) in [6, 6.07) is 7.34. The van der Waals surface area contributed by atoms with Gasteiger partial charge in [0.05, 0.1) is 5.60 Å². The summed E-state index contributed by atoms with van der Waals surface area (Å²) in [5.41, 5.74) is 0.453. The predicted octanol–water partition coefficient (Wildman–Crippen LogP) is 2.94. The minimum Gasteiger partial charge on any atom is -0.385 e. The zero-order valence-electron chi connectivity index (χ0n) is 8.74. The van der Waals surface area contributed by atoms with Crippen LogP contribution in [-0.4, -0.2) is 17.8 Å². The maximum atomic E-state index is 10.2. The van der Waals surface area contributed by atoms with Crippen LogP contribution in [0.2, 0.25) is 5.02 Å². The van der Waals surface area contributed by atoms with Crippen molar-refractivity contribution in [1.29, 1.82) is 0 Å². The van der Waals surface area contributed by atoms with Gasteiger partial charge in [0.25, 0.3) is 0 Å². The van der Waals surface area contributed by atoms with Crippen molar-refractivity contribution in [3.05, 3.63) is 34.9 Å². The highest BCUT2D eigenvalue weighted by Gasteiger charge is 2.44. The van der Waals surface area contributed by atoms with Gasteiger partial charge in [0.2, 0.25) is 0 Å². The summed E-state index contributed by atoms with van der Waals surface area (Å²) in [7, 11) is 1.66. The van der Waals surface area contributed by atoms with Gasteiger partial charge in [0.1, 0.15) is 6.10 Å². The Morgan fingerprint density at radius 1 is 1.47 bits per heavy atom. The van der Waals surface area contributed by atoms with Gasteiger partial charge in [-0.3, -0.25) is 0 Å². The monoisotopic (exact) mass is 226 g/mol. The van der Waals surface area contributed by atoms with Crippen molar-refractivity contribution >= 4 is 11.6 Å². The highest BCUT2D eigenvalue weighted by molar-refractivity contribution is 6.30. The molecule has 1 aliphatic rings. The summed E-state index contributed by atoms with van der Waals surface area (Å²) in [4.78, 5) is 0. The first-order valence-corrected chi connectivity index (χ1v) is 5.54. The Kier molecular flexibility index (Phi) is 3.01. The fourth-order valence-corrected chi connectivity index (χ4v) is 2.29. The van der Waals surface area contributed by atoms with Crippen LogP contribution in [0, 0.1) is 0 Å². The van der Waals surface area contributed by atoms with E-state index in [0.29, 0.717) is 5.02 Å². The van der Waals surface area contributed by atoms with E-state index >= 15 is 0 Å². The maximum Gasteiger partial charge on any atom is 0.108 e. The molecule has 1 saturated carbocycles. The summed E-state index contributed by atoms with van der Waals surface area (Å²) >= 11 is 5.89. The van der Waals surface area contributed by atoms with Crippen molar-refractivity contribution < 1.29 is 9.84 Å². The zero-order chi connectivity index (χ0) is 10.9. The second-order valence-electron chi connectivity index (χ2n) is 4.08. The number of rotatable bonds is 3. The zero-order valence-corrected chi connectivity index (χ0v) is 9.50. The molecule has 2 nitrogen and oxygen atoms in total. The van der Waals surface area contributed by atoms with Gasteiger partial charge in [-0.15, -0.1) is 0 Å². The molecule has 1 aromatic rings. The Labute approximate surface area is 94.8 Å². The summed E-state index contributed by atoms with van der Waals surface area (Å²) in [6.45, 7) is 0. The number of ether oxygens (including phenoxy) is 1. The van der Waals surface area contributed by atoms with Crippen LogP contribution in [-0.2, 0) is 4.74 Å². The molecular formula is C12H15ClO2. The van der Waals surface area contributed by atoms with Crippen LogP contribution in [0.4, 0.5) is 0 Å². The van der Waals surface area contributed by atoms with E-state index in [1.54, 1.807) is 19.2 Å². The Balaban J connectivity index is 2.23. The van der Waals surface area contributed by atoms with Crippen molar-refractivity contribution in [2.75, 3.05) is 7.11 Å². The number of hydrogen-bond donors (Lipinski definition) is 1. The van der Waals surface area contributed by atoms with Crippen molar-refractivity contribution in [3.63, 3.8) is 0 Å².